The fraction of sp³-hybridized carbons (Fsp3) is 0.312. The van der Waals surface area contributed by atoms with Crippen LogP contribution < -0.4 is 5.73 Å². The van der Waals surface area contributed by atoms with E-state index in [-0.39, 0.29) is 11.9 Å². The fourth-order valence-corrected chi connectivity index (χ4v) is 3.69. The molecule has 118 valence electrons. The van der Waals surface area contributed by atoms with Crippen molar-refractivity contribution in [1.29, 1.82) is 0 Å². The summed E-state index contributed by atoms with van der Waals surface area (Å²) in [7, 11) is 0. The molecule has 6 nitrogen and oxygen atoms in total. The minimum absolute atomic E-state index is 0.0109. The Kier molecular flexibility index (Phi) is 3.30. The molecule has 1 atom stereocenters. The van der Waals surface area contributed by atoms with Gasteiger partial charge in [-0.25, -0.2) is 9.50 Å². The average molecular weight is 327 g/mol. The molecular formula is C16H17N5OS. The SMILES string of the molecule is CC1CCCN1C(=O)c1cc(N)c2nc(-c3cccs3)nn2c1. The van der Waals surface area contributed by atoms with Crippen molar-refractivity contribution < 1.29 is 4.79 Å². The number of rotatable bonds is 2. The lowest BCUT2D eigenvalue weighted by Crippen LogP contribution is -2.33. The lowest BCUT2D eigenvalue weighted by atomic mass is 10.2. The van der Waals surface area contributed by atoms with Gasteiger partial charge < -0.3 is 10.6 Å². The number of carbonyl (C=O) groups is 1. The molecule has 1 unspecified atom stereocenters. The van der Waals surface area contributed by atoms with Crippen LogP contribution >= 0.6 is 11.3 Å². The Morgan fingerprint density at radius 3 is 3.04 bits per heavy atom. The molecule has 2 N–H and O–H groups in total. The topological polar surface area (TPSA) is 76.5 Å². The highest BCUT2D eigenvalue weighted by molar-refractivity contribution is 7.13. The standard InChI is InChI=1S/C16H17N5OS/c1-10-4-2-6-20(10)16(22)11-8-12(17)15-18-14(19-21(15)9-11)13-5-3-7-23-13/h3,5,7-10H,2,4,6,17H2,1H3. The zero-order valence-electron chi connectivity index (χ0n) is 12.8. The van der Waals surface area contributed by atoms with Gasteiger partial charge in [0.15, 0.2) is 11.5 Å². The predicted octanol–water partition coefficient (Wildman–Crippen LogP) is 2.66. The molecule has 3 aromatic rings. The van der Waals surface area contributed by atoms with E-state index in [1.165, 1.54) is 0 Å². The number of nitrogens with zero attached hydrogens (tertiary/aromatic N) is 4. The number of carbonyl (C=O) groups excluding carboxylic acids is 1. The maximum Gasteiger partial charge on any atom is 0.255 e. The van der Waals surface area contributed by atoms with Crippen LogP contribution in [-0.2, 0) is 0 Å². The van der Waals surface area contributed by atoms with Crippen LogP contribution in [0.2, 0.25) is 0 Å². The normalized spacial score (nSPS) is 18.0. The van der Waals surface area contributed by atoms with E-state index >= 15 is 0 Å². The average Bonchev–Trinajstić information content (AvgIpc) is 3.25. The monoisotopic (exact) mass is 327 g/mol. The molecule has 4 heterocycles. The number of aromatic nitrogens is 3. The van der Waals surface area contributed by atoms with E-state index in [0.29, 0.717) is 22.7 Å². The molecule has 1 aliphatic heterocycles. The van der Waals surface area contributed by atoms with Gasteiger partial charge in [0.1, 0.15) is 0 Å². The third-order valence-corrected chi connectivity index (χ3v) is 5.13. The third kappa shape index (κ3) is 2.37. The highest BCUT2D eigenvalue weighted by Gasteiger charge is 2.27. The molecule has 0 saturated carbocycles. The first-order valence-electron chi connectivity index (χ1n) is 7.64. The number of hydrogen-bond acceptors (Lipinski definition) is 5. The molecule has 7 heteroatoms. The molecule has 1 amide bonds. The number of nitrogen functional groups attached to an aromatic ring is 1. The van der Waals surface area contributed by atoms with Crippen molar-refractivity contribution in [3.05, 3.63) is 35.3 Å². The first kappa shape index (κ1) is 14.2. The highest BCUT2D eigenvalue weighted by atomic mass is 32.1. The number of fused-ring (bicyclic) bond motifs is 1. The van der Waals surface area contributed by atoms with Gasteiger partial charge in [-0.15, -0.1) is 16.4 Å². The van der Waals surface area contributed by atoms with E-state index < -0.39 is 0 Å². The molecule has 1 saturated heterocycles. The number of amides is 1. The Hall–Kier alpha value is -2.41. The largest absolute Gasteiger partial charge is 0.396 e. The van der Waals surface area contributed by atoms with Crippen LogP contribution in [0.5, 0.6) is 0 Å². The van der Waals surface area contributed by atoms with Crippen molar-refractivity contribution in [3.8, 4) is 10.7 Å². The van der Waals surface area contributed by atoms with Crippen LogP contribution in [0, 0.1) is 0 Å². The Bertz CT molecular complexity index is 870. The molecule has 23 heavy (non-hydrogen) atoms. The number of hydrogen-bond donors (Lipinski definition) is 1. The first-order valence-corrected chi connectivity index (χ1v) is 8.52. The molecule has 0 radical (unpaired) electrons. The van der Waals surface area contributed by atoms with Crippen molar-refractivity contribution in [2.45, 2.75) is 25.8 Å². The van der Waals surface area contributed by atoms with Crippen molar-refractivity contribution in [2.75, 3.05) is 12.3 Å². The van der Waals surface area contributed by atoms with Crippen molar-refractivity contribution in [3.63, 3.8) is 0 Å². The van der Waals surface area contributed by atoms with E-state index in [2.05, 4.69) is 17.0 Å². The van der Waals surface area contributed by atoms with Gasteiger partial charge in [-0.3, -0.25) is 4.79 Å². The van der Waals surface area contributed by atoms with Crippen LogP contribution in [-0.4, -0.2) is 38.0 Å². The number of nitrogens with two attached hydrogens (primary N) is 1. The van der Waals surface area contributed by atoms with Gasteiger partial charge >= 0.3 is 0 Å². The summed E-state index contributed by atoms with van der Waals surface area (Å²) in [6.45, 7) is 2.88. The maximum atomic E-state index is 12.7. The molecular weight excluding hydrogens is 310 g/mol. The van der Waals surface area contributed by atoms with Crippen molar-refractivity contribution in [1.82, 2.24) is 19.5 Å². The Balaban J connectivity index is 1.76. The third-order valence-electron chi connectivity index (χ3n) is 4.26. The van der Waals surface area contributed by atoms with Gasteiger partial charge in [0.25, 0.3) is 5.91 Å². The van der Waals surface area contributed by atoms with Gasteiger partial charge in [-0.2, -0.15) is 0 Å². The lowest BCUT2D eigenvalue weighted by molar-refractivity contribution is 0.0747. The van der Waals surface area contributed by atoms with Crippen LogP contribution in [0.15, 0.2) is 29.8 Å². The molecule has 3 aromatic heterocycles. The zero-order chi connectivity index (χ0) is 16.0. The van der Waals surface area contributed by atoms with E-state index in [0.717, 1.165) is 24.3 Å². The second kappa shape index (κ2) is 5.34. The van der Waals surface area contributed by atoms with Crippen molar-refractivity contribution >= 4 is 28.6 Å². The smallest absolute Gasteiger partial charge is 0.255 e. The van der Waals surface area contributed by atoms with Crippen LogP contribution in [0.4, 0.5) is 5.69 Å². The first-order chi connectivity index (χ1) is 11.1. The van der Waals surface area contributed by atoms with Crippen molar-refractivity contribution in [2.24, 2.45) is 0 Å². The Morgan fingerprint density at radius 2 is 2.35 bits per heavy atom. The fourth-order valence-electron chi connectivity index (χ4n) is 3.04. The summed E-state index contributed by atoms with van der Waals surface area (Å²) in [5.74, 6) is 0.641. The molecule has 0 aromatic carbocycles. The summed E-state index contributed by atoms with van der Waals surface area (Å²) in [5, 5.41) is 6.45. The summed E-state index contributed by atoms with van der Waals surface area (Å²) in [4.78, 5) is 20.1. The molecule has 0 bridgehead atoms. The number of anilines is 1. The minimum Gasteiger partial charge on any atom is -0.396 e. The van der Waals surface area contributed by atoms with Gasteiger partial charge in [0, 0.05) is 18.8 Å². The van der Waals surface area contributed by atoms with Gasteiger partial charge in [0.05, 0.1) is 16.1 Å². The summed E-state index contributed by atoms with van der Waals surface area (Å²) in [5.41, 5.74) is 7.72. The van der Waals surface area contributed by atoms with E-state index in [1.54, 1.807) is 28.1 Å². The molecule has 0 aliphatic carbocycles. The number of pyridine rings is 1. The summed E-state index contributed by atoms with van der Waals surface area (Å²) in [6.07, 6.45) is 3.83. The summed E-state index contributed by atoms with van der Waals surface area (Å²) < 4.78 is 1.61. The second-order valence-electron chi connectivity index (χ2n) is 5.85. The number of likely N-dealkylation sites (tertiary alicyclic amines) is 1. The molecule has 4 rings (SSSR count). The Labute approximate surface area is 137 Å². The van der Waals surface area contributed by atoms with E-state index in [1.807, 2.05) is 22.4 Å². The predicted molar refractivity (Wildman–Crippen MR) is 90.4 cm³/mol. The van der Waals surface area contributed by atoms with E-state index in [4.69, 9.17) is 5.73 Å². The Morgan fingerprint density at radius 1 is 1.48 bits per heavy atom. The maximum absolute atomic E-state index is 12.7. The number of thiophene rings is 1. The highest BCUT2D eigenvalue weighted by Crippen LogP contribution is 2.25. The molecule has 0 spiro atoms. The summed E-state index contributed by atoms with van der Waals surface area (Å²) in [6, 6.07) is 5.90. The zero-order valence-corrected chi connectivity index (χ0v) is 13.6. The van der Waals surface area contributed by atoms with Crippen LogP contribution in [0.1, 0.15) is 30.1 Å². The van der Waals surface area contributed by atoms with Crippen LogP contribution in [0.3, 0.4) is 0 Å². The lowest BCUT2D eigenvalue weighted by Gasteiger charge is -2.21. The molecule has 1 aliphatic rings. The molecule has 1 fully saturated rings. The summed E-state index contributed by atoms with van der Waals surface area (Å²) >= 11 is 1.57. The van der Waals surface area contributed by atoms with E-state index in [9.17, 15) is 4.79 Å². The van der Waals surface area contributed by atoms with Crippen LogP contribution in [0.25, 0.3) is 16.3 Å². The minimum atomic E-state index is 0.0109. The van der Waals surface area contributed by atoms with Gasteiger partial charge in [0.2, 0.25) is 0 Å². The van der Waals surface area contributed by atoms with Gasteiger partial charge in [-0.1, -0.05) is 6.07 Å². The van der Waals surface area contributed by atoms with Gasteiger partial charge in [-0.05, 0) is 37.3 Å². The second-order valence-corrected chi connectivity index (χ2v) is 6.80. The quantitative estimate of drug-likeness (QED) is 0.785.